The highest BCUT2D eigenvalue weighted by Crippen LogP contribution is 2.10. The fourth-order valence-electron chi connectivity index (χ4n) is 2.40. The maximum Gasteiger partial charge on any atom is 0.303 e. The summed E-state index contributed by atoms with van der Waals surface area (Å²) < 4.78 is 0. The molecule has 0 aromatic rings. The number of carboxylic acids is 1. The monoisotopic (exact) mass is 314 g/mol. The quantitative estimate of drug-likeness (QED) is 0.297. The van der Waals surface area contributed by atoms with Crippen LogP contribution in [0.4, 0.5) is 0 Å². The molecule has 0 amide bonds. The van der Waals surface area contributed by atoms with Gasteiger partial charge in [-0.3, -0.25) is 4.79 Å². The number of unbranched alkanes of at least 4 members (excludes halogenated alkanes) is 8. The number of hydrogen-bond acceptors (Lipinski definition) is 3. The predicted octanol–water partition coefficient (Wildman–Crippen LogP) is 4.05. The van der Waals surface area contributed by atoms with E-state index < -0.39 is 5.97 Å². The van der Waals surface area contributed by atoms with Crippen LogP contribution in [0.25, 0.3) is 0 Å². The number of carboxylic acid groups (broad SMARTS) is 1. The second-order valence-electron chi connectivity index (χ2n) is 5.99. The number of rotatable bonds is 16. The zero-order valence-corrected chi connectivity index (χ0v) is 13.9. The Morgan fingerprint density at radius 3 is 2.23 bits per heavy atom. The molecule has 0 heterocycles. The van der Waals surface area contributed by atoms with Crippen molar-refractivity contribution in [3.05, 3.63) is 12.2 Å². The van der Waals surface area contributed by atoms with E-state index in [1.165, 1.54) is 0 Å². The van der Waals surface area contributed by atoms with Crippen LogP contribution in [-0.4, -0.2) is 34.0 Å². The molecule has 22 heavy (non-hydrogen) atoms. The van der Waals surface area contributed by atoms with E-state index in [9.17, 15) is 9.90 Å². The molecule has 0 aromatic carbocycles. The van der Waals surface area contributed by atoms with Gasteiger partial charge in [-0.15, -0.1) is 0 Å². The second kappa shape index (κ2) is 16.5. The molecule has 0 rings (SSSR count). The van der Waals surface area contributed by atoms with Crippen molar-refractivity contribution in [2.45, 2.75) is 89.6 Å². The maximum atomic E-state index is 10.3. The maximum absolute atomic E-state index is 10.3. The van der Waals surface area contributed by atoms with E-state index in [1.54, 1.807) is 0 Å². The summed E-state index contributed by atoms with van der Waals surface area (Å²) in [5, 5.41) is 27.0. The van der Waals surface area contributed by atoms with Gasteiger partial charge in [-0.25, -0.2) is 0 Å². The smallest absolute Gasteiger partial charge is 0.303 e. The average molecular weight is 314 g/mol. The second-order valence-corrected chi connectivity index (χ2v) is 5.99. The van der Waals surface area contributed by atoms with Crippen LogP contribution in [0.5, 0.6) is 0 Å². The Hall–Kier alpha value is -0.870. The Bertz CT molecular complexity index is 276. The molecule has 130 valence electrons. The normalized spacial score (nSPS) is 12.8. The minimum Gasteiger partial charge on any atom is -0.481 e. The van der Waals surface area contributed by atoms with E-state index in [-0.39, 0.29) is 19.1 Å². The van der Waals surface area contributed by atoms with E-state index in [4.69, 9.17) is 10.2 Å². The number of hydrogen-bond donors (Lipinski definition) is 3. The zero-order chi connectivity index (χ0) is 16.5. The Labute approximate surface area is 135 Å². The van der Waals surface area contributed by atoms with E-state index in [0.29, 0.717) is 0 Å². The minimum atomic E-state index is -0.699. The first-order chi connectivity index (χ1) is 10.7. The van der Waals surface area contributed by atoms with Gasteiger partial charge in [-0.05, 0) is 38.5 Å². The van der Waals surface area contributed by atoms with Gasteiger partial charge in [0.25, 0.3) is 0 Å². The summed E-state index contributed by atoms with van der Waals surface area (Å²) in [6.07, 6.45) is 16.1. The van der Waals surface area contributed by atoms with Gasteiger partial charge in [-0.1, -0.05) is 50.7 Å². The van der Waals surface area contributed by atoms with Crippen molar-refractivity contribution >= 4 is 5.97 Å². The van der Waals surface area contributed by atoms with E-state index >= 15 is 0 Å². The largest absolute Gasteiger partial charge is 0.481 e. The van der Waals surface area contributed by atoms with Gasteiger partial charge in [0.15, 0.2) is 0 Å². The highest BCUT2D eigenvalue weighted by atomic mass is 16.4. The minimum absolute atomic E-state index is 0.235. The van der Waals surface area contributed by atoms with Crippen LogP contribution in [0.3, 0.4) is 0 Å². The van der Waals surface area contributed by atoms with Crippen molar-refractivity contribution in [2.75, 3.05) is 6.61 Å². The van der Waals surface area contributed by atoms with E-state index in [1.807, 2.05) is 0 Å². The molecular formula is C18H34O4. The van der Waals surface area contributed by atoms with Crippen molar-refractivity contribution in [3.8, 4) is 0 Å². The molecule has 3 N–H and O–H groups in total. The Morgan fingerprint density at radius 1 is 0.864 bits per heavy atom. The molecule has 4 nitrogen and oxygen atoms in total. The number of aliphatic hydroxyl groups is 2. The highest BCUT2D eigenvalue weighted by Gasteiger charge is 2.01. The number of aliphatic hydroxyl groups excluding tert-OH is 2. The molecule has 0 aliphatic heterocycles. The highest BCUT2D eigenvalue weighted by molar-refractivity contribution is 5.66. The molecule has 0 aliphatic carbocycles. The molecule has 4 heteroatoms. The molecule has 0 radical (unpaired) electrons. The summed E-state index contributed by atoms with van der Waals surface area (Å²) in [5.41, 5.74) is 0. The number of allylic oxidation sites excluding steroid dienone is 1. The summed E-state index contributed by atoms with van der Waals surface area (Å²) in [5.74, 6) is -0.699. The van der Waals surface area contributed by atoms with Crippen molar-refractivity contribution in [2.24, 2.45) is 0 Å². The van der Waals surface area contributed by atoms with E-state index in [2.05, 4.69) is 12.2 Å². The number of aliphatic carboxylic acids is 1. The van der Waals surface area contributed by atoms with Gasteiger partial charge in [-0.2, -0.15) is 0 Å². The fraction of sp³-hybridized carbons (Fsp3) is 0.833. The Morgan fingerprint density at radius 2 is 1.50 bits per heavy atom. The summed E-state index contributed by atoms with van der Waals surface area (Å²) >= 11 is 0. The van der Waals surface area contributed by atoms with E-state index in [0.717, 1.165) is 77.0 Å². The van der Waals surface area contributed by atoms with Crippen molar-refractivity contribution in [1.82, 2.24) is 0 Å². The lowest BCUT2D eigenvalue weighted by molar-refractivity contribution is -0.137. The lowest BCUT2D eigenvalue weighted by Crippen LogP contribution is -2.04. The molecule has 0 spiro atoms. The van der Waals surface area contributed by atoms with Crippen LogP contribution < -0.4 is 0 Å². The van der Waals surface area contributed by atoms with Crippen molar-refractivity contribution in [3.63, 3.8) is 0 Å². The molecule has 0 saturated carbocycles. The SMILES string of the molecule is O=C(O)CCCCCCCC=CCC(O)CCCCCCO. The molecule has 0 fully saturated rings. The first-order valence-corrected chi connectivity index (χ1v) is 8.82. The Kier molecular flexibility index (Phi) is 15.8. The molecule has 1 unspecified atom stereocenters. The molecule has 1 atom stereocenters. The first kappa shape index (κ1) is 21.1. The van der Waals surface area contributed by atoms with Gasteiger partial charge in [0.1, 0.15) is 0 Å². The van der Waals surface area contributed by atoms with Gasteiger partial charge in [0.05, 0.1) is 6.10 Å². The van der Waals surface area contributed by atoms with Gasteiger partial charge in [0, 0.05) is 13.0 Å². The summed E-state index contributed by atoms with van der Waals surface area (Å²) in [7, 11) is 0. The van der Waals surface area contributed by atoms with Gasteiger partial charge in [0.2, 0.25) is 0 Å². The standard InChI is InChI=1S/C18H34O4/c19-16-12-8-7-10-14-17(20)13-9-5-3-1-2-4-6-11-15-18(21)22/h5,9,17,19-20H,1-4,6-8,10-16H2,(H,21,22). The van der Waals surface area contributed by atoms with Crippen LogP contribution in [0.1, 0.15) is 83.5 Å². The predicted molar refractivity (Wildman–Crippen MR) is 89.9 cm³/mol. The molecule has 0 aromatic heterocycles. The number of carbonyl (C=O) groups is 1. The molecule has 0 saturated heterocycles. The van der Waals surface area contributed by atoms with Gasteiger partial charge < -0.3 is 15.3 Å². The van der Waals surface area contributed by atoms with Crippen LogP contribution in [-0.2, 0) is 4.79 Å². The zero-order valence-electron chi connectivity index (χ0n) is 13.9. The topological polar surface area (TPSA) is 77.8 Å². The lowest BCUT2D eigenvalue weighted by Gasteiger charge is -2.07. The molecule has 0 aliphatic rings. The summed E-state index contributed by atoms with van der Waals surface area (Å²) in [4.78, 5) is 10.3. The lowest BCUT2D eigenvalue weighted by atomic mass is 10.1. The third-order valence-corrected chi connectivity index (χ3v) is 3.78. The van der Waals surface area contributed by atoms with Crippen LogP contribution in [0.2, 0.25) is 0 Å². The summed E-state index contributed by atoms with van der Waals surface area (Å²) in [6.45, 7) is 0.269. The fourth-order valence-corrected chi connectivity index (χ4v) is 2.40. The van der Waals surface area contributed by atoms with Crippen LogP contribution in [0, 0.1) is 0 Å². The molecular weight excluding hydrogens is 280 g/mol. The third-order valence-electron chi connectivity index (χ3n) is 3.78. The van der Waals surface area contributed by atoms with Crippen LogP contribution in [0.15, 0.2) is 12.2 Å². The third kappa shape index (κ3) is 17.2. The van der Waals surface area contributed by atoms with Gasteiger partial charge >= 0.3 is 5.97 Å². The Balaban J connectivity index is 3.26. The first-order valence-electron chi connectivity index (χ1n) is 8.82. The van der Waals surface area contributed by atoms with Crippen molar-refractivity contribution in [1.29, 1.82) is 0 Å². The van der Waals surface area contributed by atoms with Crippen molar-refractivity contribution < 1.29 is 20.1 Å². The summed E-state index contributed by atoms with van der Waals surface area (Å²) in [6, 6.07) is 0. The van der Waals surface area contributed by atoms with Crippen LogP contribution >= 0.6 is 0 Å². The average Bonchev–Trinajstić information content (AvgIpc) is 2.48. The molecule has 0 bridgehead atoms.